The monoisotopic (exact) mass is 717 g/mol. The number of furan rings is 1. The maximum atomic E-state index is 6.31. The summed E-state index contributed by atoms with van der Waals surface area (Å²) in [6, 6.07) is 33.4. The fourth-order valence-corrected chi connectivity index (χ4v) is 6.45. The van der Waals surface area contributed by atoms with Crippen LogP contribution in [-0.4, -0.2) is 18.0 Å². The molecule has 3 nitrogen and oxygen atoms in total. The molecule has 1 radical (unpaired) electrons. The van der Waals surface area contributed by atoms with Crippen LogP contribution in [-0.2, 0) is 20.1 Å². The fourth-order valence-electron chi connectivity index (χ4n) is 4.94. The van der Waals surface area contributed by atoms with E-state index in [2.05, 4.69) is 79.2 Å². The van der Waals surface area contributed by atoms with Crippen molar-refractivity contribution in [2.45, 2.75) is 45.3 Å². The first kappa shape index (κ1) is 28.2. The van der Waals surface area contributed by atoms with Crippen LogP contribution in [0.5, 0.6) is 0 Å². The van der Waals surface area contributed by atoms with Crippen LogP contribution >= 0.6 is 0 Å². The van der Waals surface area contributed by atoms with Crippen LogP contribution in [0.2, 0.25) is 19.6 Å². The summed E-state index contributed by atoms with van der Waals surface area (Å²) >= 11 is 0. The molecule has 3 aromatic carbocycles. The first-order chi connectivity index (χ1) is 18.9. The van der Waals surface area contributed by atoms with Gasteiger partial charge in [-0.25, -0.2) is 0 Å². The molecule has 7 rings (SSSR count). The minimum Gasteiger partial charge on any atom is -0.501 e. The van der Waals surface area contributed by atoms with Gasteiger partial charge in [-0.15, -0.1) is 53.2 Å². The van der Waals surface area contributed by atoms with Crippen LogP contribution in [0.4, 0.5) is 0 Å². The maximum absolute atomic E-state index is 6.31. The molecule has 1 aliphatic rings. The molecule has 0 bridgehead atoms. The summed E-state index contributed by atoms with van der Waals surface area (Å²) in [7, 11) is -1.53. The smallest absolute Gasteiger partial charge is 0.120 e. The number of pyridine rings is 2. The van der Waals surface area contributed by atoms with Gasteiger partial charge in [0.15, 0.2) is 0 Å². The number of hydrogen-bond donors (Lipinski definition) is 0. The molecule has 1 saturated carbocycles. The number of aromatic nitrogens is 2. The topological polar surface area (TPSA) is 38.9 Å². The van der Waals surface area contributed by atoms with E-state index < -0.39 is 8.07 Å². The van der Waals surface area contributed by atoms with E-state index in [0.29, 0.717) is 0 Å². The van der Waals surface area contributed by atoms with E-state index in [-0.39, 0.29) is 20.1 Å². The van der Waals surface area contributed by atoms with Gasteiger partial charge in [-0.05, 0) is 54.3 Å². The quantitative estimate of drug-likeness (QED) is 0.135. The Balaban J connectivity index is 0.000000195. The van der Waals surface area contributed by atoms with Crippen molar-refractivity contribution in [3.05, 3.63) is 115 Å². The van der Waals surface area contributed by atoms with Gasteiger partial charge >= 0.3 is 0 Å². The molecule has 3 aromatic heterocycles. The fraction of sp³-hybridized carbons (Fsp3) is 0.200. The Morgan fingerprint density at radius 2 is 1.57 bits per heavy atom. The Hall–Kier alpha value is -3.37. The molecule has 40 heavy (non-hydrogen) atoms. The van der Waals surface area contributed by atoms with Crippen LogP contribution in [0.3, 0.4) is 0 Å². The van der Waals surface area contributed by atoms with Gasteiger partial charge in [-0.3, -0.25) is 0 Å². The van der Waals surface area contributed by atoms with E-state index in [1.807, 2.05) is 55.7 Å². The molecule has 1 fully saturated rings. The van der Waals surface area contributed by atoms with Gasteiger partial charge in [0.05, 0.1) is 5.58 Å². The van der Waals surface area contributed by atoms with Crippen LogP contribution in [0.15, 0.2) is 95.7 Å². The molecule has 3 heterocycles. The van der Waals surface area contributed by atoms with Crippen molar-refractivity contribution in [2.75, 3.05) is 0 Å². The van der Waals surface area contributed by atoms with Gasteiger partial charge < -0.3 is 14.4 Å². The summed E-state index contributed by atoms with van der Waals surface area (Å²) in [6.45, 7) is 9.16. The minimum absolute atomic E-state index is 0. The van der Waals surface area contributed by atoms with Gasteiger partial charge in [0.1, 0.15) is 5.58 Å². The zero-order chi connectivity index (χ0) is 27.0. The first-order valence-corrected chi connectivity index (χ1v) is 17.1. The Morgan fingerprint density at radius 3 is 2.23 bits per heavy atom. The summed E-state index contributed by atoms with van der Waals surface area (Å²) in [6.07, 6.45) is 6.50. The third-order valence-corrected chi connectivity index (χ3v) is 9.26. The van der Waals surface area contributed by atoms with Crippen LogP contribution in [0, 0.1) is 19.1 Å². The van der Waals surface area contributed by atoms with E-state index in [1.54, 1.807) is 0 Å². The predicted molar refractivity (Wildman–Crippen MR) is 164 cm³/mol. The molecular weight excluding hydrogens is 685 g/mol. The Labute approximate surface area is 251 Å². The third kappa shape index (κ3) is 5.88. The zero-order valence-electron chi connectivity index (χ0n) is 23.3. The van der Waals surface area contributed by atoms with Crippen molar-refractivity contribution < 1.29 is 24.5 Å². The van der Waals surface area contributed by atoms with Gasteiger partial charge in [-0.2, -0.15) is 0 Å². The minimum atomic E-state index is -1.53. The van der Waals surface area contributed by atoms with Crippen molar-refractivity contribution in [2.24, 2.45) is 0 Å². The second-order valence-electron chi connectivity index (χ2n) is 11.4. The molecule has 0 saturated heterocycles. The largest absolute Gasteiger partial charge is 0.501 e. The van der Waals surface area contributed by atoms with Crippen LogP contribution in [0.25, 0.3) is 44.5 Å². The number of nitrogens with zero attached hydrogens (tertiary/aromatic N) is 2. The second-order valence-corrected chi connectivity index (χ2v) is 16.4. The standard InChI is InChI=1S/C23H22NOSi.C12H10N.Ir/c1-26(2,3)21-13-11-17(19-12-10-16(14-24-19)15-8-9-15)23-22(21)18-6-4-5-7-20(18)25-23;1-10-7-8-12(13-9-10)11-5-3-2-4-6-11;/h4-7,10,12-15H,8-9H2,1-3H3;2-5,7-9H,1H3;/q2*-1;. The normalized spacial score (nSPS) is 13.0. The molecule has 0 spiro atoms. The SMILES string of the molecule is C[Si](C)(C)c1c[c-]c(-c2ccc(C3CC3)cn2)c2oc3ccccc3c12.Cc1ccc(-c2[c-]cccc2)nc1.[Ir]. The summed E-state index contributed by atoms with van der Waals surface area (Å²) < 4.78 is 6.31. The van der Waals surface area contributed by atoms with Crippen molar-refractivity contribution in [1.82, 2.24) is 9.97 Å². The van der Waals surface area contributed by atoms with Gasteiger partial charge in [-0.1, -0.05) is 73.1 Å². The molecule has 0 atom stereocenters. The Kier molecular flexibility index (Phi) is 8.18. The number of hydrogen-bond acceptors (Lipinski definition) is 3. The molecular formula is C35H32IrN2OSi-2. The molecule has 0 amide bonds. The number of benzene rings is 3. The zero-order valence-corrected chi connectivity index (χ0v) is 26.7. The van der Waals surface area contributed by atoms with Crippen molar-refractivity contribution in [3.8, 4) is 22.5 Å². The number of para-hydroxylation sites is 1. The molecule has 0 N–H and O–H groups in total. The van der Waals surface area contributed by atoms with Gasteiger partial charge in [0.2, 0.25) is 0 Å². The van der Waals surface area contributed by atoms with Crippen LogP contribution < -0.4 is 5.19 Å². The molecule has 203 valence electrons. The Morgan fingerprint density at radius 1 is 0.825 bits per heavy atom. The first-order valence-electron chi connectivity index (χ1n) is 13.6. The van der Waals surface area contributed by atoms with Crippen molar-refractivity contribution in [3.63, 3.8) is 0 Å². The van der Waals surface area contributed by atoms with E-state index in [0.717, 1.165) is 39.6 Å². The average Bonchev–Trinajstić information content (AvgIpc) is 3.73. The third-order valence-electron chi connectivity index (χ3n) is 7.25. The second kappa shape index (κ2) is 11.6. The van der Waals surface area contributed by atoms with E-state index in [9.17, 15) is 0 Å². The van der Waals surface area contributed by atoms with E-state index >= 15 is 0 Å². The molecule has 1 aliphatic carbocycles. The van der Waals surface area contributed by atoms with Gasteiger partial charge in [0.25, 0.3) is 0 Å². The van der Waals surface area contributed by atoms with E-state index in [4.69, 9.17) is 9.40 Å². The molecule has 5 heteroatoms. The number of aryl methyl sites for hydroxylation is 1. The number of rotatable bonds is 4. The van der Waals surface area contributed by atoms with Gasteiger partial charge in [0, 0.05) is 46.0 Å². The summed E-state index contributed by atoms with van der Waals surface area (Å²) in [5, 5.41) is 3.85. The Bertz CT molecular complexity index is 1730. The molecule has 0 unspecified atom stereocenters. The predicted octanol–water partition coefficient (Wildman–Crippen LogP) is 8.73. The summed E-state index contributed by atoms with van der Waals surface area (Å²) in [5.41, 5.74) is 8.35. The molecule has 0 aliphatic heterocycles. The molecule has 6 aromatic rings. The van der Waals surface area contributed by atoms with Crippen LogP contribution in [0.1, 0.15) is 29.9 Å². The number of fused-ring (bicyclic) bond motifs is 3. The average molecular weight is 717 g/mol. The summed E-state index contributed by atoms with van der Waals surface area (Å²) in [4.78, 5) is 9.06. The maximum Gasteiger partial charge on any atom is 0.120 e. The van der Waals surface area contributed by atoms with Crippen molar-refractivity contribution in [1.29, 1.82) is 0 Å². The van der Waals surface area contributed by atoms with E-state index in [1.165, 1.54) is 39.9 Å². The van der Waals surface area contributed by atoms with Crippen molar-refractivity contribution >= 4 is 35.2 Å². The summed E-state index contributed by atoms with van der Waals surface area (Å²) in [5.74, 6) is 0.723.